The average molecular weight is 292 g/mol. The third-order valence-electron chi connectivity index (χ3n) is 2.88. The molecule has 0 saturated carbocycles. The van der Waals surface area contributed by atoms with Crippen LogP contribution in [0.5, 0.6) is 0 Å². The van der Waals surface area contributed by atoms with Crippen LogP contribution in [0.25, 0.3) is 0 Å². The normalized spacial score (nSPS) is 14.8. The third kappa shape index (κ3) is 3.94. The maximum absolute atomic E-state index is 12.7. The zero-order valence-electron chi connectivity index (χ0n) is 10.9. The lowest BCUT2D eigenvalue weighted by molar-refractivity contribution is -0.145. The summed E-state index contributed by atoms with van der Waals surface area (Å²) in [6, 6.07) is 3.24. The van der Waals surface area contributed by atoms with E-state index in [4.69, 9.17) is 0 Å². The molecule has 0 aliphatic heterocycles. The van der Waals surface area contributed by atoms with Crippen molar-refractivity contribution in [2.24, 2.45) is 0 Å². The number of hydrogen-bond acceptors (Lipinski definition) is 4. The van der Waals surface area contributed by atoms with Crippen molar-refractivity contribution in [2.75, 3.05) is 7.11 Å². The van der Waals surface area contributed by atoms with Crippen molar-refractivity contribution in [1.29, 1.82) is 0 Å². The molecular weight excluding hydrogens is 277 g/mol. The van der Waals surface area contributed by atoms with E-state index in [0.717, 1.165) is 13.2 Å². The molecule has 1 aromatic carbocycles. The summed E-state index contributed by atoms with van der Waals surface area (Å²) in [5.74, 6) is -0.764. The summed E-state index contributed by atoms with van der Waals surface area (Å²) in [5.41, 5.74) is -0.991. The molecule has 0 fully saturated rings. The molecule has 2 unspecified atom stereocenters. The number of esters is 1. The van der Waals surface area contributed by atoms with Crippen molar-refractivity contribution < 1.29 is 32.9 Å². The zero-order chi connectivity index (χ0) is 15.5. The Morgan fingerprint density at radius 1 is 1.35 bits per heavy atom. The van der Waals surface area contributed by atoms with Gasteiger partial charge in [0.05, 0.1) is 25.2 Å². The van der Waals surface area contributed by atoms with E-state index in [1.807, 2.05) is 0 Å². The van der Waals surface area contributed by atoms with Crippen molar-refractivity contribution in [3.63, 3.8) is 0 Å². The summed E-state index contributed by atoms with van der Waals surface area (Å²) in [7, 11) is 1.11. The molecule has 0 radical (unpaired) electrons. The Hall–Kier alpha value is -1.60. The molecule has 2 atom stereocenters. The van der Waals surface area contributed by atoms with Gasteiger partial charge < -0.3 is 14.9 Å². The van der Waals surface area contributed by atoms with E-state index in [1.165, 1.54) is 19.1 Å². The maximum atomic E-state index is 12.7. The van der Waals surface area contributed by atoms with Crippen LogP contribution < -0.4 is 0 Å². The van der Waals surface area contributed by atoms with Gasteiger partial charge in [-0.25, -0.2) is 0 Å². The molecule has 1 rings (SSSR count). The number of alkyl halides is 3. The summed E-state index contributed by atoms with van der Waals surface area (Å²) in [5, 5.41) is 19.4. The standard InChI is InChI=1S/C13H15F3O4/c1-7-3-4-8(5-9(7)13(14,15)16)12(19)10(17)6-11(18)20-2/h3-5,10,12,17,19H,6H2,1-2H3. The first-order valence-corrected chi connectivity index (χ1v) is 5.77. The Labute approximate surface area is 113 Å². The minimum absolute atomic E-state index is 0.0101. The molecule has 4 nitrogen and oxygen atoms in total. The van der Waals surface area contributed by atoms with E-state index in [0.29, 0.717) is 0 Å². The molecule has 112 valence electrons. The van der Waals surface area contributed by atoms with E-state index in [2.05, 4.69) is 4.74 Å². The Balaban J connectivity index is 2.99. The van der Waals surface area contributed by atoms with Gasteiger partial charge in [-0.15, -0.1) is 0 Å². The quantitative estimate of drug-likeness (QED) is 0.833. The van der Waals surface area contributed by atoms with Crippen LogP contribution in [0.4, 0.5) is 13.2 Å². The van der Waals surface area contributed by atoms with E-state index in [1.54, 1.807) is 0 Å². The number of aliphatic hydroxyl groups is 2. The smallest absolute Gasteiger partial charge is 0.416 e. The predicted octanol–water partition coefficient (Wildman–Crippen LogP) is 1.97. The Morgan fingerprint density at radius 3 is 2.45 bits per heavy atom. The predicted molar refractivity (Wildman–Crippen MR) is 63.8 cm³/mol. The number of carbonyl (C=O) groups is 1. The van der Waals surface area contributed by atoms with Crippen molar-refractivity contribution in [1.82, 2.24) is 0 Å². The molecule has 0 amide bonds. The second kappa shape index (κ2) is 6.23. The van der Waals surface area contributed by atoms with Gasteiger partial charge in [0.1, 0.15) is 6.10 Å². The fraction of sp³-hybridized carbons (Fsp3) is 0.462. The molecule has 0 heterocycles. The highest BCUT2D eigenvalue weighted by Gasteiger charge is 2.33. The van der Waals surface area contributed by atoms with Crippen molar-refractivity contribution in [3.8, 4) is 0 Å². The number of methoxy groups -OCH3 is 1. The third-order valence-corrected chi connectivity index (χ3v) is 2.88. The summed E-state index contributed by atoms with van der Waals surface area (Å²) >= 11 is 0. The van der Waals surface area contributed by atoms with Gasteiger partial charge in [-0.1, -0.05) is 12.1 Å². The molecule has 0 spiro atoms. The molecule has 0 bridgehead atoms. The number of halogens is 3. The molecule has 0 aliphatic rings. The number of rotatable bonds is 4. The van der Waals surface area contributed by atoms with Crippen LogP contribution in [0.2, 0.25) is 0 Å². The van der Waals surface area contributed by atoms with Crippen molar-refractivity contribution in [2.45, 2.75) is 31.7 Å². The van der Waals surface area contributed by atoms with Gasteiger partial charge in [0.15, 0.2) is 0 Å². The molecule has 2 N–H and O–H groups in total. The molecule has 0 saturated heterocycles. The fourth-order valence-corrected chi connectivity index (χ4v) is 1.72. The van der Waals surface area contributed by atoms with Gasteiger partial charge in [0.25, 0.3) is 0 Å². The van der Waals surface area contributed by atoms with Gasteiger partial charge in [-0.3, -0.25) is 4.79 Å². The SMILES string of the molecule is COC(=O)CC(O)C(O)c1ccc(C)c(C(F)(F)F)c1. The van der Waals surface area contributed by atoms with E-state index >= 15 is 0 Å². The summed E-state index contributed by atoms with van der Waals surface area (Å²) in [6.07, 6.45) is -8.19. The monoisotopic (exact) mass is 292 g/mol. The molecule has 0 aromatic heterocycles. The molecule has 1 aromatic rings. The highest BCUT2D eigenvalue weighted by Crippen LogP contribution is 2.34. The molecule has 0 aliphatic carbocycles. The second-order valence-corrected chi connectivity index (χ2v) is 4.36. The van der Waals surface area contributed by atoms with Crippen LogP contribution in [0.1, 0.15) is 29.2 Å². The van der Waals surface area contributed by atoms with Crippen molar-refractivity contribution in [3.05, 3.63) is 34.9 Å². The largest absolute Gasteiger partial charge is 0.469 e. The lowest BCUT2D eigenvalue weighted by Crippen LogP contribution is -2.23. The molecule has 20 heavy (non-hydrogen) atoms. The highest BCUT2D eigenvalue weighted by atomic mass is 19.4. The van der Waals surface area contributed by atoms with E-state index in [9.17, 15) is 28.2 Å². The van der Waals surface area contributed by atoms with Crippen LogP contribution in [0.15, 0.2) is 18.2 Å². The lowest BCUT2D eigenvalue weighted by Gasteiger charge is -2.19. The van der Waals surface area contributed by atoms with Crippen LogP contribution in [0, 0.1) is 6.92 Å². The van der Waals surface area contributed by atoms with Crippen LogP contribution in [-0.2, 0) is 15.7 Å². The Bertz CT molecular complexity index is 485. The summed E-state index contributed by atoms with van der Waals surface area (Å²) in [4.78, 5) is 11.0. The fourth-order valence-electron chi connectivity index (χ4n) is 1.72. The second-order valence-electron chi connectivity index (χ2n) is 4.36. The maximum Gasteiger partial charge on any atom is 0.416 e. The van der Waals surface area contributed by atoms with E-state index in [-0.39, 0.29) is 11.1 Å². The molecular formula is C13H15F3O4. The minimum atomic E-state index is -4.55. The number of benzene rings is 1. The Kier molecular flexibility index (Phi) is 5.13. The van der Waals surface area contributed by atoms with E-state index < -0.39 is 36.3 Å². The summed E-state index contributed by atoms with van der Waals surface area (Å²) < 4.78 is 42.5. The van der Waals surface area contributed by atoms with Crippen LogP contribution in [-0.4, -0.2) is 29.4 Å². The number of ether oxygens (including phenoxy) is 1. The first-order chi connectivity index (χ1) is 9.16. The first-order valence-electron chi connectivity index (χ1n) is 5.77. The topological polar surface area (TPSA) is 66.8 Å². The number of carbonyl (C=O) groups excluding carboxylic acids is 1. The number of hydrogen-bond donors (Lipinski definition) is 2. The average Bonchev–Trinajstić information content (AvgIpc) is 2.36. The lowest BCUT2D eigenvalue weighted by atomic mass is 9.97. The van der Waals surface area contributed by atoms with Crippen LogP contribution >= 0.6 is 0 Å². The van der Waals surface area contributed by atoms with Gasteiger partial charge in [-0.05, 0) is 24.1 Å². The first kappa shape index (κ1) is 16.5. The van der Waals surface area contributed by atoms with Gasteiger partial charge in [-0.2, -0.15) is 13.2 Å². The number of aliphatic hydroxyl groups excluding tert-OH is 2. The number of aryl methyl sites for hydroxylation is 1. The summed E-state index contributed by atoms with van der Waals surface area (Å²) in [6.45, 7) is 1.30. The van der Waals surface area contributed by atoms with Gasteiger partial charge in [0.2, 0.25) is 0 Å². The molecule has 7 heteroatoms. The zero-order valence-corrected chi connectivity index (χ0v) is 10.9. The van der Waals surface area contributed by atoms with Gasteiger partial charge in [0, 0.05) is 0 Å². The Morgan fingerprint density at radius 2 is 1.95 bits per heavy atom. The van der Waals surface area contributed by atoms with Crippen molar-refractivity contribution >= 4 is 5.97 Å². The van der Waals surface area contributed by atoms with Gasteiger partial charge >= 0.3 is 12.1 Å². The minimum Gasteiger partial charge on any atom is -0.469 e. The van der Waals surface area contributed by atoms with Crippen LogP contribution in [0.3, 0.4) is 0 Å². The highest BCUT2D eigenvalue weighted by molar-refractivity contribution is 5.69.